The standard InChI is InChI=1S/C16H18FN3O/c1-3-8-18-15-7-5-12(10-19-15)16(21)20-14-6-4-11(2)9-13(14)17/h4-7,9-10H,3,8H2,1-2H3,(H,18,19)(H,20,21). The lowest BCUT2D eigenvalue weighted by Gasteiger charge is -2.08. The molecule has 5 heteroatoms. The molecule has 1 aromatic heterocycles. The highest BCUT2D eigenvalue weighted by molar-refractivity contribution is 6.04. The summed E-state index contributed by atoms with van der Waals surface area (Å²) < 4.78 is 13.7. The fourth-order valence-corrected chi connectivity index (χ4v) is 1.80. The van der Waals surface area contributed by atoms with E-state index in [1.807, 2.05) is 0 Å². The minimum Gasteiger partial charge on any atom is -0.370 e. The van der Waals surface area contributed by atoms with Crippen LogP contribution in [0.2, 0.25) is 0 Å². The first-order valence-electron chi connectivity index (χ1n) is 6.87. The van der Waals surface area contributed by atoms with Gasteiger partial charge in [-0.1, -0.05) is 13.0 Å². The molecule has 0 aliphatic carbocycles. The molecule has 2 aromatic rings. The van der Waals surface area contributed by atoms with E-state index in [0.29, 0.717) is 5.56 Å². The lowest BCUT2D eigenvalue weighted by molar-refractivity contribution is 0.102. The Labute approximate surface area is 123 Å². The Morgan fingerprint density at radius 3 is 2.71 bits per heavy atom. The number of nitrogens with one attached hydrogen (secondary N) is 2. The van der Waals surface area contributed by atoms with Crippen LogP contribution in [0.1, 0.15) is 29.3 Å². The number of aryl methyl sites for hydroxylation is 1. The molecule has 0 spiro atoms. The van der Waals surface area contributed by atoms with Crippen molar-refractivity contribution in [2.24, 2.45) is 0 Å². The lowest BCUT2D eigenvalue weighted by atomic mass is 10.2. The number of rotatable bonds is 5. The maximum Gasteiger partial charge on any atom is 0.257 e. The number of aromatic nitrogens is 1. The van der Waals surface area contributed by atoms with Gasteiger partial charge >= 0.3 is 0 Å². The van der Waals surface area contributed by atoms with Gasteiger partial charge in [0.25, 0.3) is 5.91 Å². The van der Waals surface area contributed by atoms with Crippen molar-refractivity contribution in [3.05, 3.63) is 53.5 Å². The van der Waals surface area contributed by atoms with E-state index in [9.17, 15) is 9.18 Å². The van der Waals surface area contributed by atoms with Crippen LogP contribution in [0.15, 0.2) is 36.5 Å². The van der Waals surface area contributed by atoms with E-state index < -0.39 is 5.82 Å². The summed E-state index contributed by atoms with van der Waals surface area (Å²) >= 11 is 0. The van der Waals surface area contributed by atoms with Crippen molar-refractivity contribution in [2.75, 3.05) is 17.2 Å². The number of pyridine rings is 1. The third-order valence-electron chi connectivity index (χ3n) is 2.95. The van der Waals surface area contributed by atoms with E-state index >= 15 is 0 Å². The summed E-state index contributed by atoms with van der Waals surface area (Å²) in [5, 5.41) is 5.66. The van der Waals surface area contributed by atoms with Crippen molar-refractivity contribution in [1.29, 1.82) is 0 Å². The first-order chi connectivity index (χ1) is 10.1. The normalized spacial score (nSPS) is 10.2. The first-order valence-corrected chi connectivity index (χ1v) is 6.87. The Kier molecular flexibility index (Phi) is 4.87. The summed E-state index contributed by atoms with van der Waals surface area (Å²) in [7, 11) is 0. The average Bonchev–Trinajstić information content (AvgIpc) is 2.48. The first kappa shape index (κ1) is 15.0. The zero-order valence-corrected chi connectivity index (χ0v) is 12.1. The molecule has 0 saturated carbocycles. The van der Waals surface area contributed by atoms with Crippen LogP contribution >= 0.6 is 0 Å². The summed E-state index contributed by atoms with van der Waals surface area (Å²) in [6.45, 7) is 4.68. The summed E-state index contributed by atoms with van der Waals surface area (Å²) in [5.74, 6) is -0.111. The fourth-order valence-electron chi connectivity index (χ4n) is 1.80. The third-order valence-corrected chi connectivity index (χ3v) is 2.95. The van der Waals surface area contributed by atoms with Gasteiger partial charge in [0.15, 0.2) is 0 Å². The summed E-state index contributed by atoms with van der Waals surface area (Å²) in [4.78, 5) is 16.2. The van der Waals surface area contributed by atoms with Gasteiger partial charge in [0, 0.05) is 12.7 Å². The smallest absolute Gasteiger partial charge is 0.257 e. The molecule has 0 aliphatic rings. The second kappa shape index (κ2) is 6.83. The van der Waals surface area contributed by atoms with Crippen LogP contribution in [0.4, 0.5) is 15.9 Å². The van der Waals surface area contributed by atoms with Gasteiger partial charge in [-0.2, -0.15) is 0 Å². The van der Waals surface area contributed by atoms with Crippen LogP contribution < -0.4 is 10.6 Å². The van der Waals surface area contributed by atoms with Crippen molar-refractivity contribution in [2.45, 2.75) is 20.3 Å². The van der Waals surface area contributed by atoms with Crippen molar-refractivity contribution in [1.82, 2.24) is 4.98 Å². The van der Waals surface area contributed by atoms with Gasteiger partial charge in [-0.05, 0) is 43.2 Å². The topological polar surface area (TPSA) is 54.0 Å². The monoisotopic (exact) mass is 287 g/mol. The maximum absolute atomic E-state index is 13.7. The number of carbonyl (C=O) groups is 1. The molecule has 0 saturated heterocycles. The molecule has 1 heterocycles. The second-order valence-corrected chi connectivity index (χ2v) is 4.80. The van der Waals surface area contributed by atoms with Gasteiger partial charge < -0.3 is 10.6 Å². The minimum atomic E-state index is -0.447. The predicted molar refractivity (Wildman–Crippen MR) is 82.1 cm³/mol. The SMILES string of the molecule is CCCNc1ccc(C(=O)Nc2ccc(C)cc2F)cn1. The Morgan fingerprint density at radius 2 is 2.10 bits per heavy atom. The number of anilines is 2. The van der Waals surface area contributed by atoms with Crippen LogP contribution in [0, 0.1) is 12.7 Å². The second-order valence-electron chi connectivity index (χ2n) is 4.80. The summed E-state index contributed by atoms with van der Waals surface area (Å²) in [6.07, 6.45) is 2.47. The van der Waals surface area contributed by atoms with Crippen molar-refractivity contribution < 1.29 is 9.18 Å². The van der Waals surface area contributed by atoms with E-state index in [0.717, 1.165) is 24.3 Å². The van der Waals surface area contributed by atoms with Gasteiger partial charge in [-0.25, -0.2) is 9.37 Å². The number of halogens is 1. The summed E-state index contributed by atoms with van der Waals surface area (Å²) in [5.41, 5.74) is 1.36. The Bertz CT molecular complexity index is 626. The quantitative estimate of drug-likeness (QED) is 0.883. The molecule has 21 heavy (non-hydrogen) atoms. The van der Waals surface area contributed by atoms with Gasteiger partial charge in [-0.3, -0.25) is 4.79 Å². The molecule has 0 unspecified atom stereocenters. The minimum absolute atomic E-state index is 0.166. The van der Waals surface area contributed by atoms with E-state index in [-0.39, 0.29) is 11.6 Å². The van der Waals surface area contributed by atoms with E-state index in [1.54, 1.807) is 31.2 Å². The average molecular weight is 287 g/mol. The molecule has 1 aromatic carbocycles. The fraction of sp³-hybridized carbons (Fsp3) is 0.250. The van der Waals surface area contributed by atoms with Crippen LogP contribution in [-0.2, 0) is 0 Å². The van der Waals surface area contributed by atoms with Gasteiger partial charge in [0.05, 0.1) is 11.3 Å². The molecule has 2 rings (SSSR count). The number of nitrogens with zero attached hydrogens (tertiary/aromatic N) is 1. The molecule has 110 valence electrons. The molecule has 0 atom stereocenters. The molecular weight excluding hydrogens is 269 g/mol. The Balaban J connectivity index is 2.06. The maximum atomic E-state index is 13.7. The number of hydrogen-bond donors (Lipinski definition) is 2. The van der Waals surface area contributed by atoms with Crippen LogP contribution in [-0.4, -0.2) is 17.4 Å². The molecule has 0 bridgehead atoms. The zero-order chi connectivity index (χ0) is 15.2. The molecule has 4 nitrogen and oxygen atoms in total. The predicted octanol–water partition coefficient (Wildman–Crippen LogP) is 3.60. The lowest BCUT2D eigenvalue weighted by Crippen LogP contribution is -2.13. The number of benzene rings is 1. The van der Waals surface area contributed by atoms with Crippen LogP contribution in [0.3, 0.4) is 0 Å². The van der Waals surface area contributed by atoms with E-state index in [1.165, 1.54) is 12.3 Å². The Morgan fingerprint density at radius 1 is 1.29 bits per heavy atom. The highest BCUT2D eigenvalue weighted by atomic mass is 19.1. The van der Waals surface area contributed by atoms with Crippen molar-refractivity contribution >= 4 is 17.4 Å². The number of carbonyl (C=O) groups excluding carboxylic acids is 1. The Hall–Kier alpha value is -2.43. The molecule has 0 radical (unpaired) electrons. The third kappa shape index (κ3) is 4.02. The number of hydrogen-bond acceptors (Lipinski definition) is 3. The van der Waals surface area contributed by atoms with Crippen molar-refractivity contribution in [3.63, 3.8) is 0 Å². The molecule has 0 fully saturated rings. The highest BCUT2D eigenvalue weighted by Gasteiger charge is 2.09. The zero-order valence-electron chi connectivity index (χ0n) is 12.1. The number of amides is 1. The highest BCUT2D eigenvalue weighted by Crippen LogP contribution is 2.16. The van der Waals surface area contributed by atoms with E-state index in [2.05, 4.69) is 22.5 Å². The molecule has 2 N–H and O–H groups in total. The molecule has 1 amide bonds. The van der Waals surface area contributed by atoms with Gasteiger partial charge in [0.1, 0.15) is 11.6 Å². The largest absolute Gasteiger partial charge is 0.370 e. The van der Waals surface area contributed by atoms with Crippen molar-refractivity contribution in [3.8, 4) is 0 Å². The molecule has 0 aliphatic heterocycles. The van der Waals surface area contributed by atoms with Gasteiger partial charge in [0.2, 0.25) is 0 Å². The van der Waals surface area contributed by atoms with Crippen LogP contribution in [0.25, 0.3) is 0 Å². The van der Waals surface area contributed by atoms with Crippen LogP contribution in [0.5, 0.6) is 0 Å². The van der Waals surface area contributed by atoms with E-state index in [4.69, 9.17) is 0 Å². The van der Waals surface area contributed by atoms with Gasteiger partial charge in [-0.15, -0.1) is 0 Å². The summed E-state index contributed by atoms with van der Waals surface area (Å²) in [6, 6.07) is 8.07. The molecular formula is C16H18FN3O.